The maximum Gasteiger partial charge on any atom is 0.274 e. The summed E-state index contributed by atoms with van der Waals surface area (Å²) in [6, 6.07) is 1.76. The zero-order valence-corrected chi connectivity index (χ0v) is 13.3. The molecule has 0 N–H and O–H groups in total. The van der Waals surface area contributed by atoms with E-state index in [2.05, 4.69) is 19.9 Å². The minimum absolute atomic E-state index is 0.0671. The van der Waals surface area contributed by atoms with Gasteiger partial charge in [0.1, 0.15) is 17.6 Å². The molecule has 0 bridgehead atoms. The Morgan fingerprint density at radius 2 is 1.96 bits per heavy atom. The van der Waals surface area contributed by atoms with E-state index >= 15 is 0 Å². The van der Waals surface area contributed by atoms with Gasteiger partial charge in [0.05, 0.1) is 11.9 Å². The van der Waals surface area contributed by atoms with E-state index in [9.17, 15) is 4.79 Å². The van der Waals surface area contributed by atoms with E-state index in [0.717, 1.165) is 18.5 Å². The first-order valence-electron chi connectivity index (χ1n) is 7.66. The lowest BCUT2D eigenvalue weighted by Gasteiger charge is -2.31. The Morgan fingerprint density at radius 3 is 2.61 bits per heavy atom. The number of carbonyl (C=O) groups is 1. The fourth-order valence-corrected chi connectivity index (χ4v) is 2.51. The first kappa shape index (κ1) is 15.3. The molecule has 0 unspecified atom stereocenters. The number of amides is 1. The van der Waals surface area contributed by atoms with Crippen molar-refractivity contribution in [2.45, 2.75) is 32.8 Å². The highest BCUT2D eigenvalue weighted by Gasteiger charge is 2.25. The average Bonchev–Trinajstić information content (AvgIpc) is 2.56. The molecule has 0 atom stereocenters. The molecule has 7 nitrogen and oxygen atoms in total. The summed E-state index contributed by atoms with van der Waals surface area (Å²) >= 11 is 0. The number of rotatable bonds is 3. The van der Waals surface area contributed by atoms with Gasteiger partial charge in [0.25, 0.3) is 5.91 Å². The summed E-state index contributed by atoms with van der Waals surface area (Å²) in [5.41, 5.74) is 1.19. The number of ether oxygens (including phenoxy) is 1. The van der Waals surface area contributed by atoms with Crippen LogP contribution in [-0.2, 0) is 0 Å². The van der Waals surface area contributed by atoms with Gasteiger partial charge in [-0.1, -0.05) is 0 Å². The molecule has 7 heteroatoms. The minimum atomic E-state index is -0.0752. The van der Waals surface area contributed by atoms with Gasteiger partial charge in [-0.3, -0.25) is 9.78 Å². The zero-order valence-electron chi connectivity index (χ0n) is 13.3. The quantitative estimate of drug-likeness (QED) is 0.855. The lowest BCUT2D eigenvalue weighted by molar-refractivity contribution is 0.0581. The van der Waals surface area contributed by atoms with Crippen LogP contribution in [0.3, 0.4) is 0 Å². The number of aryl methyl sites for hydroxylation is 2. The first-order valence-corrected chi connectivity index (χ1v) is 7.66. The second-order valence-corrected chi connectivity index (χ2v) is 5.59. The highest BCUT2D eigenvalue weighted by Crippen LogP contribution is 2.18. The summed E-state index contributed by atoms with van der Waals surface area (Å²) in [7, 11) is 0. The lowest BCUT2D eigenvalue weighted by atomic mass is 10.1. The molecule has 1 fully saturated rings. The lowest BCUT2D eigenvalue weighted by Crippen LogP contribution is -2.42. The molecule has 23 heavy (non-hydrogen) atoms. The fourth-order valence-electron chi connectivity index (χ4n) is 2.51. The van der Waals surface area contributed by atoms with Gasteiger partial charge in [-0.15, -0.1) is 0 Å². The van der Waals surface area contributed by atoms with Gasteiger partial charge >= 0.3 is 0 Å². The predicted molar refractivity (Wildman–Crippen MR) is 83.1 cm³/mol. The van der Waals surface area contributed by atoms with Crippen LogP contribution >= 0.6 is 0 Å². The summed E-state index contributed by atoms with van der Waals surface area (Å²) in [5, 5.41) is 0. The zero-order chi connectivity index (χ0) is 16.2. The van der Waals surface area contributed by atoms with Crippen molar-refractivity contribution in [3.63, 3.8) is 0 Å². The Labute approximate surface area is 134 Å². The third-order valence-corrected chi connectivity index (χ3v) is 3.77. The Balaban J connectivity index is 1.55. The van der Waals surface area contributed by atoms with Crippen LogP contribution < -0.4 is 4.74 Å². The van der Waals surface area contributed by atoms with E-state index in [1.54, 1.807) is 23.4 Å². The van der Waals surface area contributed by atoms with Crippen LogP contribution in [0.2, 0.25) is 0 Å². The fraction of sp³-hybridized carbons (Fsp3) is 0.438. The topological polar surface area (TPSA) is 81.1 Å². The SMILES string of the molecule is Cc1cnc(C(=O)N2CCC(Oc3ccnc(C)n3)CC2)cn1. The standard InChI is InChI=1S/C16H19N5O2/c1-11-9-19-14(10-18-11)16(22)21-7-4-13(5-8-21)23-15-3-6-17-12(2)20-15/h3,6,9-10,13H,4-5,7-8H2,1-2H3. The molecule has 0 spiro atoms. The average molecular weight is 313 g/mol. The largest absolute Gasteiger partial charge is 0.474 e. The van der Waals surface area contributed by atoms with Gasteiger partial charge in [-0.2, -0.15) is 4.98 Å². The Hall–Kier alpha value is -2.57. The Kier molecular flexibility index (Phi) is 4.45. The summed E-state index contributed by atoms with van der Waals surface area (Å²) in [5.74, 6) is 1.20. The van der Waals surface area contributed by atoms with Gasteiger partial charge in [0.15, 0.2) is 0 Å². The molecule has 0 aliphatic carbocycles. The van der Waals surface area contributed by atoms with Crippen molar-refractivity contribution in [1.29, 1.82) is 0 Å². The molecule has 2 aromatic rings. The number of piperidine rings is 1. The number of nitrogens with zero attached hydrogens (tertiary/aromatic N) is 5. The van der Waals surface area contributed by atoms with Crippen molar-refractivity contribution in [1.82, 2.24) is 24.8 Å². The van der Waals surface area contributed by atoms with E-state index < -0.39 is 0 Å². The van der Waals surface area contributed by atoms with E-state index in [0.29, 0.717) is 30.5 Å². The molecule has 0 saturated carbocycles. The van der Waals surface area contributed by atoms with Crippen LogP contribution in [0.25, 0.3) is 0 Å². The second-order valence-electron chi connectivity index (χ2n) is 5.59. The van der Waals surface area contributed by atoms with Crippen molar-refractivity contribution < 1.29 is 9.53 Å². The van der Waals surface area contributed by atoms with Crippen LogP contribution in [0.1, 0.15) is 34.8 Å². The third-order valence-electron chi connectivity index (χ3n) is 3.77. The van der Waals surface area contributed by atoms with Gasteiger partial charge in [-0.05, 0) is 13.8 Å². The summed E-state index contributed by atoms with van der Waals surface area (Å²) in [4.78, 5) is 30.7. The van der Waals surface area contributed by atoms with E-state index in [-0.39, 0.29) is 12.0 Å². The van der Waals surface area contributed by atoms with Gasteiger partial charge in [-0.25, -0.2) is 9.97 Å². The van der Waals surface area contributed by atoms with Crippen molar-refractivity contribution in [2.75, 3.05) is 13.1 Å². The highest BCUT2D eigenvalue weighted by molar-refractivity contribution is 5.92. The normalized spacial score (nSPS) is 15.5. The molecular weight excluding hydrogens is 294 g/mol. The molecular formula is C16H19N5O2. The summed E-state index contributed by atoms with van der Waals surface area (Å²) in [6.07, 6.45) is 6.44. The maximum atomic E-state index is 12.4. The molecule has 1 saturated heterocycles. The van der Waals surface area contributed by atoms with Crippen LogP contribution in [0.4, 0.5) is 0 Å². The molecule has 3 rings (SSSR count). The smallest absolute Gasteiger partial charge is 0.274 e. The number of hydrogen-bond acceptors (Lipinski definition) is 6. The molecule has 1 aliphatic rings. The van der Waals surface area contributed by atoms with E-state index in [1.807, 2.05) is 13.8 Å². The number of likely N-dealkylation sites (tertiary alicyclic amines) is 1. The van der Waals surface area contributed by atoms with E-state index in [1.165, 1.54) is 6.20 Å². The maximum absolute atomic E-state index is 12.4. The predicted octanol–water partition coefficient (Wildman–Crippen LogP) is 1.57. The van der Waals surface area contributed by atoms with Gasteiger partial charge < -0.3 is 9.64 Å². The molecule has 120 valence electrons. The third kappa shape index (κ3) is 3.80. The monoisotopic (exact) mass is 313 g/mol. The van der Waals surface area contributed by atoms with Gasteiger partial charge in [0.2, 0.25) is 5.88 Å². The summed E-state index contributed by atoms with van der Waals surface area (Å²) < 4.78 is 5.87. The van der Waals surface area contributed by atoms with Crippen LogP contribution in [-0.4, -0.2) is 49.9 Å². The van der Waals surface area contributed by atoms with Crippen molar-refractivity contribution in [3.05, 3.63) is 41.9 Å². The van der Waals surface area contributed by atoms with Gasteiger partial charge in [0, 0.05) is 44.4 Å². The van der Waals surface area contributed by atoms with Crippen molar-refractivity contribution >= 4 is 5.91 Å². The molecule has 0 aromatic carbocycles. The second kappa shape index (κ2) is 6.68. The number of hydrogen-bond donors (Lipinski definition) is 0. The number of carbonyl (C=O) groups excluding carboxylic acids is 1. The summed E-state index contributed by atoms with van der Waals surface area (Å²) in [6.45, 7) is 4.96. The highest BCUT2D eigenvalue weighted by atomic mass is 16.5. The first-order chi connectivity index (χ1) is 11.1. The molecule has 2 aromatic heterocycles. The molecule has 0 radical (unpaired) electrons. The molecule has 3 heterocycles. The van der Waals surface area contributed by atoms with Crippen LogP contribution in [0, 0.1) is 13.8 Å². The van der Waals surface area contributed by atoms with Crippen LogP contribution in [0.15, 0.2) is 24.7 Å². The Morgan fingerprint density at radius 1 is 1.17 bits per heavy atom. The minimum Gasteiger partial charge on any atom is -0.474 e. The Bertz CT molecular complexity index is 681. The molecule has 1 aliphatic heterocycles. The van der Waals surface area contributed by atoms with E-state index in [4.69, 9.17) is 4.74 Å². The van der Waals surface area contributed by atoms with Crippen molar-refractivity contribution in [3.8, 4) is 5.88 Å². The van der Waals surface area contributed by atoms with Crippen molar-refractivity contribution in [2.24, 2.45) is 0 Å². The van der Waals surface area contributed by atoms with Crippen LogP contribution in [0.5, 0.6) is 5.88 Å². The molecule has 1 amide bonds. The number of aromatic nitrogens is 4.